The van der Waals surface area contributed by atoms with Gasteiger partial charge in [-0.1, -0.05) is 5.21 Å². The smallest absolute Gasteiger partial charge is 0.241 e. The van der Waals surface area contributed by atoms with Crippen molar-refractivity contribution in [2.45, 2.75) is 19.5 Å². The fourth-order valence-electron chi connectivity index (χ4n) is 1.29. The predicted molar refractivity (Wildman–Crippen MR) is 68.4 cm³/mol. The second kappa shape index (κ2) is 7.16. The summed E-state index contributed by atoms with van der Waals surface area (Å²) in [6.45, 7) is 1.02. The number of nitrogens with one attached hydrogen (secondary N) is 2. The van der Waals surface area contributed by atoms with Crippen molar-refractivity contribution in [1.82, 2.24) is 25.0 Å². The lowest BCUT2D eigenvalue weighted by Gasteiger charge is -2.05. The van der Waals surface area contributed by atoms with Gasteiger partial charge in [0, 0.05) is 19.6 Å². The zero-order valence-electron chi connectivity index (χ0n) is 10.7. The van der Waals surface area contributed by atoms with Crippen LogP contribution in [0.25, 0.3) is 0 Å². The number of nitrogens with zero attached hydrogens (tertiary/aromatic N) is 3. The molecule has 0 aromatic carbocycles. The van der Waals surface area contributed by atoms with E-state index in [1.54, 1.807) is 6.20 Å². The Morgan fingerprint density at radius 3 is 2.79 bits per heavy atom. The number of nitrogens with two attached hydrogens (primary N) is 1. The van der Waals surface area contributed by atoms with Gasteiger partial charge < -0.3 is 11.1 Å². The van der Waals surface area contributed by atoms with Crippen LogP contribution in [0.15, 0.2) is 6.20 Å². The van der Waals surface area contributed by atoms with Crippen molar-refractivity contribution < 1.29 is 13.2 Å². The molecule has 0 aliphatic rings. The molecule has 0 fully saturated rings. The molecule has 0 saturated carbocycles. The maximum Gasteiger partial charge on any atom is 0.241 e. The van der Waals surface area contributed by atoms with E-state index in [1.165, 1.54) is 4.68 Å². The Bertz CT molecular complexity index is 512. The first-order chi connectivity index (χ1) is 8.90. The Morgan fingerprint density at radius 2 is 2.21 bits per heavy atom. The average molecular weight is 290 g/mol. The Balaban J connectivity index is 2.18. The molecule has 0 aliphatic heterocycles. The summed E-state index contributed by atoms with van der Waals surface area (Å²) in [5.41, 5.74) is 5.99. The largest absolute Gasteiger partial charge is 0.354 e. The third-order valence-electron chi connectivity index (χ3n) is 2.14. The van der Waals surface area contributed by atoms with Crippen LogP contribution in [0.1, 0.15) is 12.1 Å². The molecule has 1 rings (SSSR count). The molecule has 1 aromatic heterocycles. The van der Waals surface area contributed by atoms with Crippen LogP contribution in [0.3, 0.4) is 0 Å². The molecule has 0 bridgehead atoms. The molecule has 0 unspecified atom stereocenters. The summed E-state index contributed by atoms with van der Waals surface area (Å²) in [5, 5.41) is 10.1. The summed E-state index contributed by atoms with van der Waals surface area (Å²) < 4.78 is 25.3. The van der Waals surface area contributed by atoms with Crippen molar-refractivity contribution in [1.29, 1.82) is 0 Å². The van der Waals surface area contributed by atoms with E-state index in [-0.39, 0.29) is 19.0 Å². The Hall–Kier alpha value is -1.52. The Kier molecular flexibility index (Phi) is 5.86. The quantitative estimate of drug-likeness (QED) is 0.465. The SMILES string of the molecule is CS(=O)(=O)NCCCNC(=O)Cn1cc(CN)nn1. The molecular weight excluding hydrogens is 272 g/mol. The number of sulfonamides is 1. The van der Waals surface area contributed by atoms with Gasteiger partial charge in [-0.15, -0.1) is 5.10 Å². The summed E-state index contributed by atoms with van der Waals surface area (Å²) in [4.78, 5) is 11.5. The fourth-order valence-corrected chi connectivity index (χ4v) is 1.80. The van der Waals surface area contributed by atoms with Gasteiger partial charge in [0.25, 0.3) is 0 Å². The van der Waals surface area contributed by atoms with Crippen LogP contribution in [-0.4, -0.2) is 48.7 Å². The van der Waals surface area contributed by atoms with Crippen molar-refractivity contribution >= 4 is 15.9 Å². The minimum absolute atomic E-state index is 0.0620. The average Bonchev–Trinajstić information content (AvgIpc) is 2.74. The van der Waals surface area contributed by atoms with Gasteiger partial charge in [0.05, 0.1) is 18.1 Å². The highest BCUT2D eigenvalue weighted by Crippen LogP contribution is 1.90. The van der Waals surface area contributed by atoms with Crippen LogP contribution in [0, 0.1) is 0 Å². The topological polar surface area (TPSA) is 132 Å². The molecule has 0 atom stereocenters. The van der Waals surface area contributed by atoms with Crippen LogP contribution in [-0.2, 0) is 27.9 Å². The summed E-state index contributed by atoms with van der Waals surface area (Å²) in [5.74, 6) is -0.215. The Labute approximate surface area is 111 Å². The van der Waals surface area contributed by atoms with E-state index in [4.69, 9.17) is 5.73 Å². The number of amides is 1. The van der Waals surface area contributed by atoms with Crippen molar-refractivity contribution in [3.63, 3.8) is 0 Å². The summed E-state index contributed by atoms with van der Waals surface area (Å²) in [7, 11) is -3.17. The van der Waals surface area contributed by atoms with Crippen LogP contribution in [0.4, 0.5) is 0 Å². The first-order valence-electron chi connectivity index (χ1n) is 5.71. The molecule has 4 N–H and O–H groups in total. The molecule has 0 spiro atoms. The third-order valence-corrected chi connectivity index (χ3v) is 2.87. The van der Waals surface area contributed by atoms with E-state index in [1.807, 2.05) is 0 Å². The van der Waals surface area contributed by atoms with Gasteiger partial charge in [0.2, 0.25) is 15.9 Å². The number of hydrogen-bond donors (Lipinski definition) is 3. The zero-order chi connectivity index (χ0) is 14.3. The van der Waals surface area contributed by atoms with Crippen LogP contribution < -0.4 is 15.8 Å². The number of carbonyl (C=O) groups is 1. The third kappa shape index (κ3) is 6.84. The van der Waals surface area contributed by atoms with Crippen molar-refractivity contribution in [2.24, 2.45) is 5.73 Å². The summed E-state index contributed by atoms with van der Waals surface area (Å²) in [6, 6.07) is 0. The number of carbonyl (C=O) groups excluding carboxylic acids is 1. The molecule has 1 aromatic rings. The normalized spacial score (nSPS) is 11.5. The molecule has 10 heteroatoms. The second-order valence-electron chi connectivity index (χ2n) is 3.98. The summed E-state index contributed by atoms with van der Waals surface area (Å²) >= 11 is 0. The van der Waals surface area contributed by atoms with Crippen molar-refractivity contribution in [3.05, 3.63) is 11.9 Å². The van der Waals surface area contributed by atoms with Crippen molar-refractivity contribution in [3.8, 4) is 0 Å². The number of rotatable bonds is 8. The van der Waals surface area contributed by atoms with Gasteiger partial charge in [-0.3, -0.25) is 4.79 Å². The fraction of sp³-hybridized carbons (Fsp3) is 0.667. The van der Waals surface area contributed by atoms with E-state index in [9.17, 15) is 13.2 Å². The lowest BCUT2D eigenvalue weighted by Crippen LogP contribution is -2.31. The van der Waals surface area contributed by atoms with E-state index < -0.39 is 10.0 Å². The molecule has 108 valence electrons. The number of aromatic nitrogens is 3. The van der Waals surface area contributed by atoms with Gasteiger partial charge in [-0.05, 0) is 6.42 Å². The van der Waals surface area contributed by atoms with E-state index >= 15 is 0 Å². The van der Waals surface area contributed by atoms with Crippen LogP contribution >= 0.6 is 0 Å². The molecular formula is C9H18N6O3S. The van der Waals surface area contributed by atoms with Gasteiger partial charge >= 0.3 is 0 Å². The van der Waals surface area contributed by atoms with Crippen molar-refractivity contribution in [2.75, 3.05) is 19.3 Å². The predicted octanol–water partition coefficient (Wildman–Crippen LogP) is -2.21. The molecule has 1 heterocycles. The first-order valence-corrected chi connectivity index (χ1v) is 7.60. The highest BCUT2D eigenvalue weighted by Gasteiger charge is 2.05. The van der Waals surface area contributed by atoms with Crippen LogP contribution in [0.5, 0.6) is 0 Å². The van der Waals surface area contributed by atoms with Gasteiger partial charge in [0.15, 0.2) is 0 Å². The lowest BCUT2D eigenvalue weighted by molar-refractivity contribution is -0.121. The maximum atomic E-state index is 11.5. The molecule has 0 radical (unpaired) electrons. The van der Waals surface area contributed by atoms with Gasteiger partial charge in [0.1, 0.15) is 6.54 Å². The molecule has 0 aliphatic carbocycles. The van der Waals surface area contributed by atoms with E-state index in [2.05, 4.69) is 20.4 Å². The first kappa shape index (κ1) is 15.5. The molecule has 9 nitrogen and oxygen atoms in total. The van der Waals surface area contributed by atoms with Gasteiger partial charge in [-0.25, -0.2) is 17.8 Å². The van der Waals surface area contributed by atoms with E-state index in [0.29, 0.717) is 25.2 Å². The maximum absolute atomic E-state index is 11.5. The number of hydrogen-bond acceptors (Lipinski definition) is 6. The standard InChI is InChI=1S/C9H18N6O3S/c1-19(17,18)12-4-2-3-11-9(16)7-15-6-8(5-10)13-14-15/h6,12H,2-5,7,10H2,1H3,(H,11,16). The highest BCUT2D eigenvalue weighted by atomic mass is 32.2. The summed E-state index contributed by atoms with van der Waals surface area (Å²) in [6.07, 6.45) is 3.21. The van der Waals surface area contributed by atoms with Crippen LogP contribution in [0.2, 0.25) is 0 Å². The highest BCUT2D eigenvalue weighted by molar-refractivity contribution is 7.88. The lowest BCUT2D eigenvalue weighted by atomic mass is 10.4. The molecule has 0 saturated heterocycles. The minimum atomic E-state index is -3.17. The molecule has 1 amide bonds. The second-order valence-corrected chi connectivity index (χ2v) is 5.81. The molecule has 19 heavy (non-hydrogen) atoms. The van der Waals surface area contributed by atoms with Gasteiger partial charge in [-0.2, -0.15) is 0 Å². The Morgan fingerprint density at radius 1 is 1.47 bits per heavy atom. The minimum Gasteiger partial charge on any atom is -0.354 e. The monoisotopic (exact) mass is 290 g/mol. The van der Waals surface area contributed by atoms with E-state index in [0.717, 1.165) is 6.26 Å². The zero-order valence-corrected chi connectivity index (χ0v) is 11.5.